The van der Waals surface area contributed by atoms with Crippen molar-refractivity contribution in [1.82, 2.24) is 0 Å². The molecule has 33 heavy (non-hydrogen) atoms. The van der Waals surface area contributed by atoms with Gasteiger partial charge < -0.3 is 10.0 Å². The van der Waals surface area contributed by atoms with Crippen LogP contribution >= 0.6 is 12.2 Å². The number of nitriles is 1. The Bertz CT molecular complexity index is 1150. The Balaban J connectivity index is 1.94. The predicted octanol–water partition coefficient (Wildman–Crippen LogP) is 4.90. The van der Waals surface area contributed by atoms with Crippen molar-refractivity contribution in [3.8, 4) is 6.07 Å². The van der Waals surface area contributed by atoms with E-state index in [1.807, 2.05) is 0 Å². The summed E-state index contributed by atoms with van der Waals surface area (Å²) in [6.07, 6.45) is -3.66. The van der Waals surface area contributed by atoms with Crippen LogP contribution in [0.1, 0.15) is 43.4 Å². The van der Waals surface area contributed by atoms with Crippen molar-refractivity contribution in [2.75, 3.05) is 9.80 Å². The molecule has 10 heteroatoms. The number of hydrogen-bond acceptors (Lipinski definition) is 4. The second-order valence-corrected chi connectivity index (χ2v) is 8.44. The van der Waals surface area contributed by atoms with E-state index < -0.39 is 34.7 Å². The molecule has 1 amide bonds. The zero-order valence-electron chi connectivity index (χ0n) is 17.8. The van der Waals surface area contributed by atoms with Crippen LogP contribution in [0.2, 0.25) is 0 Å². The van der Waals surface area contributed by atoms with Gasteiger partial charge in [0, 0.05) is 12.1 Å². The van der Waals surface area contributed by atoms with E-state index in [4.69, 9.17) is 22.6 Å². The fourth-order valence-corrected chi connectivity index (χ4v) is 4.24. The van der Waals surface area contributed by atoms with Gasteiger partial charge in [-0.2, -0.15) is 18.4 Å². The number of alkyl halides is 3. The van der Waals surface area contributed by atoms with E-state index in [9.17, 15) is 22.8 Å². The molecule has 0 bridgehead atoms. The van der Waals surface area contributed by atoms with E-state index in [1.54, 1.807) is 43.0 Å². The maximum absolute atomic E-state index is 13.4. The third kappa shape index (κ3) is 4.68. The van der Waals surface area contributed by atoms with E-state index in [0.717, 1.165) is 22.6 Å². The van der Waals surface area contributed by atoms with Gasteiger partial charge in [0.2, 0.25) is 0 Å². The van der Waals surface area contributed by atoms with E-state index in [-0.39, 0.29) is 17.2 Å². The van der Waals surface area contributed by atoms with Gasteiger partial charge >= 0.3 is 12.1 Å². The first kappa shape index (κ1) is 24.2. The molecular formula is C23H20F3N3O3S. The first-order valence-electron chi connectivity index (χ1n) is 9.98. The summed E-state index contributed by atoms with van der Waals surface area (Å²) in [6, 6.07) is 11.6. The number of hydrogen-bond donors (Lipinski definition) is 1. The maximum Gasteiger partial charge on any atom is 0.417 e. The molecule has 3 rings (SSSR count). The average Bonchev–Trinajstić information content (AvgIpc) is 2.91. The molecular weight excluding hydrogens is 455 g/mol. The minimum absolute atomic E-state index is 0.0152. The van der Waals surface area contributed by atoms with Crippen molar-refractivity contribution in [3.63, 3.8) is 0 Å². The lowest BCUT2D eigenvalue weighted by atomic mass is 10.0. The highest BCUT2D eigenvalue weighted by Crippen LogP contribution is 2.39. The second kappa shape index (κ2) is 8.83. The highest BCUT2D eigenvalue weighted by atomic mass is 32.1. The average molecular weight is 475 g/mol. The molecule has 1 fully saturated rings. The number of carboxylic acids is 1. The quantitative estimate of drug-likeness (QED) is 0.599. The number of benzene rings is 2. The smallest absolute Gasteiger partial charge is 0.417 e. The standard InChI is InChI=1S/C23H20F3N3O3S/c1-22(2)20(32)28(17-11-8-15(13-27)18(12-17)23(24,25)26)21(33)29(22)16-9-6-14(7-10-16)4-3-5-19(30)31/h6-12H,3-5H2,1-2H3,(H,30,31). The Hall–Kier alpha value is -3.45. The molecule has 2 aromatic carbocycles. The largest absolute Gasteiger partial charge is 0.481 e. The molecule has 0 radical (unpaired) electrons. The summed E-state index contributed by atoms with van der Waals surface area (Å²) in [5.41, 5.74) is -1.44. The topological polar surface area (TPSA) is 84.6 Å². The summed E-state index contributed by atoms with van der Waals surface area (Å²) < 4.78 is 40.3. The fourth-order valence-electron chi connectivity index (χ4n) is 3.71. The van der Waals surface area contributed by atoms with Gasteiger partial charge in [0.1, 0.15) is 5.54 Å². The number of nitrogens with zero attached hydrogens (tertiary/aromatic N) is 3. The molecule has 0 aliphatic carbocycles. The number of halogens is 3. The Morgan fingerprint density at radius 2 is 1.76 bits per heavy atom. The van der Waals surface area contributed by atoms with Crippen LogP contribution in [0.4, 0.5) is 24.5 Å². The second-order valence-electron chi connectivity index (χ2n) is 8.07. The number of aliphatic carboxylic acids is 1. The summed E-state index contributed by atoms with van der Waals surface area (Å²) >= 11 is 5.50. The van der Waals surface area contributed by atoms with Gasteiger partial charge in [-0.1, -0.05) is 12.1 Å². The van der Waals surface area contributed by atoms with Crippen LogP contribution in [0.5, 0.6) is 0 Å². The van der Waals surface area contributed by atoms with Gasteiger partial charge in [0.05, 0.1) is 22.9 Å². The molecule has 0 atom stereocenters. The first-order valence-corrected chi connectivity index (χ1v) is 10.4. The number of amides is 1. The van der Waals surface area contributed by atoms with Crippen molar-refractivity contribution in [1.29, 1.82) is 5.26 Å². The Morgan fingerprint density at radius 3 is 2.30 bits per heavy atom. The SMILES string of the molecule is CC1(C)C(=O)N(c2ccc(C#N)c(C(F)(F)F)c2)C(=S)N1c1ccc(CCCC(=O)O)cc1. The van der Waals surface area contributed by atoms with Crippen LogP contribution in [0.3, 0.4) is 0 Å². The number of anilines is 2. The molecule has 1 saturated heterocycles. The number of thiocarbonyl (C=S) groups is 1. The number of rotatable bonds is 6. The zero-order valence-corrected chi connectivity index (χ0v) is 18.6. The lowest BCUT2D eigenvalue weighted by molar-refractivity contribution is -0.138. The minimum atomic E-state index is -4.77. The third-order valence-electron chi connectivity index (χ3n) is 5.41. The molecule has 0 aromatic heterocycles. The van der Waals surface area contributed by atoms with Gasteiger partial charge in [-0.3, -0.25) is 14.5 Å². The summed E-state index contributed by atoms with van der Waals surface area (Å²) in [4.78, 5) is 26.5. The molecule has 172 valence electrons. The highest BCUT2D eigenvalue weighted by molar-refractivity contribution is 7.81. The third-order valence-corrected chi connectivity index (χ3v) is 5.77. The first-order chi connectivity index (χ1) is 15.4. The van der Waals surface area contributed by atoms with Crippen molar-refractivity contribution in [2.24, 2.45) is 0 Å². The molecule has 1 heterocycles. The number of carbonyl (C=O) groups is 2. The highest BCUT2D eigenvalue weighted by Gasteiger charge is 2.50. The normalized spacial score (nSPS) is 15.6. The van der Waals surface area contributed by atoms with Crippen molar-refractivity contribution < 1.29 is 27.9 Å². The molecule has 1 N–H and O–H groups in total. The van der Waals surface area contributed by atoms with Gasteiger partial charge in [-0.25, -0.2) is 0 Å². The Labute approximate surface area is 193 Å². The van der Waals surface area contributed by atoms with Crippen LogP contribution in [-0.2, 0) is 22.2 Å². The van der Waals surface area contributed by atoms with E-state index in [1.165, 1.54) is 12.1 Å². The van der Waals surface area contributed by atoms with Crippen LogP contribution in [0.25, 0.3) is 0 Å². The molecule has 0 saturated carbocycles. The van der Waals surface area contributed by atoms with Gasteiger partial charge in [-0.05, 0) is 74.8 Å². The number of carbonyl (C=O) groups excluding carboxylic acids is 1. The molecule has 1 aliphatic heterocycles. The van der Waals surface area contributed by atoms with Gasteiger partial charge in [0.25, 0.3) is 5.91 Å². The molecule has 1 aliphatic rings. The molecule has 2 aromatic rings. The fraction of sp³-hybridized carbons (Fsp3) is 0.304. The summed E-state index contributed by atoms with van der Waals surface area (Å²) in [5.74, 6) is -1.37. The summed E-state index contributed by atoms with van der Waals surface area (Å²) in [5, 5.41) is 17.8. The monoisotopic (exact) mass is 475 g/mol. The van der Waals surface area contributed by atoms with Crippen LogP contribution in [-0.4, -0.2) is 27.6 Å². The van der Waals surface area contributed by atoms with E-state index in [0.29, 0.717) is 18.5 Å². The number of carboxylic acid groups (broad SMARTS) is 1. The van der Waals surface area contributed by atoms with Crippen molar-refractivity contribution in [3.05, 3.63) is 59.2 Å². The number of aryl methyl sites for hydroxylation is 1. The van der Waals surface area contributed by atoms with Crippen LogP contribution < -0.4 is 9.80 Å². The molecule has 0 unspecified atom stereocenters. The Morgan fingerprint density at radius 1 is 1.15 bits per heavy atom. The van der Waals surface area contributed by atoms with Crippen molar-refractivity contribution >= 4 is 40.6 Å². The minimum Gasteiger partial charge on any atom is -0.481 e. The van der Waals surface area contributed by atoms with Gasteiger partial charge in [0.15, 0.2) is 5.11 Å². The predicted molar refractivity (Wildman–Crippen MR) is 120 cm³/mol. The summed E-state index contributed by atoms with van der Waals surface area (Å²) in [6.45, 7) is 3.24. The lowest BCUT2D eigenvalue weighted by Crippen LogP contribution is -2.44. The van der Waals surface area contributed by atoms with Crippen LogP contribution in [0, 0.1) is 11.3 Å². The zero-order chi connectivity index (χ0) is 24.6. The molecule has 0 spiro atoms. The summed E-state index contributed by atoms with van der Waals surface area (Å²) in [7, 11) is 0. The van der Waals surface area contributed by atoms with Crippen molar-refractivity contribution in [2.45, 2.75) is 44.8 Å². The van der Waals surface area contributed by atoms with Crippen LogP contribution in [0.15, 0.2) is 42.5 Å². The maximum atomic E-state index is 13.4. The molecule has 6 nitrogen and oxygen atoms in total. The van der Waals surface area contributed by atoms with Gasteiger partial charge in [-0.15, -0.1) is 0 Å². The van der Waals surface area contributed by atoms with E-state index >= 15 is 0 Å². The lowest BCUT2D eigenvalue weighted by Gasteiger charge is -2.29. The Kier molecular flexibility index (Phi) is 6.47. The van der Waals surface area contributed by atoms with E-state index in [2.05, 4.69) is 0 Å².